The van der Waals surface area contributed by atoms with Crippen LogP contribution in [0.3, 0.4) is 0 Å². The lowest BCUT2D eigenvalue weighted by atomic mass is 9.72. The van der Waals surface area contributed by atoms with Crippen molar-refractivity contribution in [2.45, 2.75) is 47.0 Å². The van der Waals surface area contributed by atoms with E-state index >= 15 is 0 Å². The van der Waals surface area contributed by atoms with Crippen LogP contribution in [0.2, 0.25) is 0 Å². The van der Waals surface area contributed by atoms with Gasteiger partial charge in [0.1, 0.15) is 5.76 Å². The molecule has 2 heteroatoms. The standard InChI is InChI=1S/C13H20O2/c1-9-6-5-7-13(3,4)12(9)11(15)8-10(2)14/h8,15H,5-7H2,1-4H3/b11-8-. The number of hydrogen-bond donors (Lipinski definition) is 1. The maximum absolute atomic E-state index is 11.0. The number of aliphatic hydroxyl groups excluding tert-OH is 1. The fourth-order valence-corrected chi connectivity index (χ4v) is 2.45. The summed E-state index contributed by atoms with van der Waals surface area (Å²) in [6.07, 6.45) is 4.58. The molecular weight excluding hydrogens is 188 g/mol. The molecule has 84 valence electrons. The molecule has 0 spiro atoms. The Morgan fingerprint density at radius 1 is 1.47 bits per heavy atom. The van der Waals surface area contributed by atoms with Crippen LogP contribution in [-0.4, -0.2) is 10.9 Å². The van der Waals surface area contributed by atoms with Crippen molar-refractivity contribution < 1.29 is 9.90 Å². The average Bonchev–Trinajstić information content (AvgIpc) is 1.99. The zero-order valence-electron chi connectivity index (χ0n) is 10.1. The Bertz CT molecular complexity index is 332. The second-order valence-electron chi connectivity index (χ2n) is 5.03. The van der Waals surface area contributed by atoms with E-state index in [1.165, 1.54) is 18.6 Å². The van der Waals surface area contributed by atoms with Crippen LogP contribution in [0.4, 0.5) is 0 Å². The number of allylic oxidation sites excluding steroid dienone is 3. The van der Waals surface area contributed by atoms with Crippen molar-refractivity contribution in [1.82, 2.24) is 0 Å². The summed E-state index contributed by atoms with van der Waals surface area (Å²) in [5, 5.41) is 9.93. The minimum Gasteiger partial charge on any atom is -0.508 e. The van der Waals surface area contributed by atoms with Crippen LogP contribution in [0.1, 0.15) is 47.0 Å². The van der Waals surface area contributed by atoms with E-state index in [0.29, 0.717) is 0 Å². The fourth-order valence-electron chi connectivity index (χ4n) is 2.45. The Morgan fingerprint density at radius 2 is 2.07 bits per heavy atom. The molecule has 0 heterocycles. The summed E-state index contributed by atoms with van der Waals surface area (Å²) >= 11 is 0. The molecule has 1 rings (SSSR count). The molecule has 0 atom stereocenters. The molecular formula is C13H20O2. The minimum absolute atomic E-state index is 0.0155. The van der Waals surface area contributed by atoms with Crippen molar-refractivity contribution in [3.05, 3.63) is 23.0 Å². The van der Waals surface area contributed by atoms with Crippen LogP contribution in [0.25, 0.3) is 0 Å². The monoisotopic (exact) mass is 208 g/mol. The summed E-state index contributed by atoms with van der Waals surface area (Å²) in [5.41, 5.74) is 2.16. The van der Waals surface area contributed by atoms with Gasteiger partial charge in [-0.05, 0) is 44.1 Å². The van der Waals surface area contributed by atoms with E-state index in [-0.39, 0.29) is 17.0 Å². The molecule has 0 aromatic carbocycles. The number of ketones is 1. The van der Waals surface area contributed by atoms with Crippen molar-refractivity contribution >= 4 is 5.78 Å². The summed E-state index contributed by atoms with van der Waals surface area (Å²) in [4.78, 5) is 11.0. The molecule has 0 unspecified atom stereocenters. The lowest BCUT2D eigenvalue weighted by molar-refractivity contribution is -0.112. The zero-order valence-corrected chi connectivity index (χ0v) is 10.1. The molecule has 1 aliphatic rings. The Hall–Kier alpha value is -1.05. The predicted molar refractivity (Wildman–Crippen MR) is 61.7 cm³/mol. The van der Waals surface area contributed by atoms with Gasteiger partial charge in [0.15, 0.2) is 5.78 Å². The van der Waals surface area contributed by atoms with Gasteiger partial charge in [-0.1, -0.05) is 19.4 Å². The first-order valence-corrected chi connectivity index (χ1v) is 5.46. The van der Waals surface area contributed by atoms with Crippen molar-refractivity contribution in [3.8, 4) is 0 Å². The largest absolute Gasteiger partial charge is 0.508 e. The van der Waals surface area contributed by atoms with Gasteiger partial charge in [-0.25, -0.2) is 0 Å². The minimum atomic E-state index is -0.103. The molecule has 0 aromatic heterocycles. The van der Waals surface area contributed by atoms with Gasteiger partial charge in [0, 0.05) is 6.08 Å². The lowest BCUT2D eigenvalue weighted by Gasteiger charge is -2.33. The second kappa shape index (κ2) is 4.21. The Balaban J connectivity index is 3.14. The molecule has 1 N–H and O–H groups in total. The van der Waals surface area contributed by atoms with E-state index in [0.717, 1.165) is 24.8 Å². The second-order valence-corrected chi connectivity index (χ2v) is 5.03. The smallest absolute Gasteiger partial charge is 0.156 e. The van der Waals surface area contributed by atoms with Crippen LogP contribution in [0.5, 0.6) is 0 Å². The first-order chi connectivity index (χ1) is 6.84. The van der Waals surface area contributed by atoms with E-state index in [1.807, 2.05) is 6.92 Å². The lowest BCUT2D eigenvalue weighted by Crippen LogP contribution is -2.22. The number of carbonyl (C=O) groups excluding carboxylic acids is 1. The molecule has 0 saturated carbocycles. The summed E-state index contributed by atoms with van der Waals surface area (Å²) in [7, 11) is 0. The summed E-state index contributed by atoms with van der Waals surface area (Å²) < 4.78 is 0. The summed E-state index contributed by atoms with van der Waals surface area (Å²) in [6.45, 7) is 7.74. The Kier molecular flexibility index (Phi) is 3.38. The average molecular weight is 208 g/mol. The maximum atomic E-state index is 11.0. The summed E-state index contributed by atoms with van der Waals surface area (Å²) in [6, 6.07) is 0. The first kappa shape index (κ1) is 12.0. The van der Waals surface area contributed by atoms with Crippen LogP contribution < -0.4 is 0 Å². The van der Waals surface area contributed by atoms with E-state index in [9.17, 15) is 9.90 Å². The SMILES string of the molecule is CC(=O)/C=C(\O)C1=C(C)CCCC1(C)C. The van der Waals surface area contributed by atoms with Gasteiger partial charge in [0.05, 0.1) is 0 Å². The quantitative estimate of drug-likeness (QED) is 0.556. The molecule has 0 fully saturated rings. The molecule has 0 bridgehead atoms. The van der Waals surface area contributed by atoms with Crippen LogP contribution >= 0.6 is 0 Å². The third kappa shape index (κ3) is 2.71. The molecule has 1 aliphatic carbocycles. The molecule has 0 aromatic rings. The van der Waals surface area contributed by atoms with Crippen molar-refractivity contribution in [3.63, 3.8) is 0 Å². The van der Waals surface area contributed by atoms with E-state index in [2.05, 4.69) is 13.8 Å². The van der Waals surface area contributed by atoms with Crippen molar-refractivity contribution in [1.29, 1.82) is 0 Å². The highest BCUT2D eigenvalue weighted by molar-refractivity contribution is 5.88. The van der Waals surface area contributed by atoms with E-state index in [4.69, 9.17) is 0 Å². The molecule has 2 nitrogen and oxygen atoms in total. The van der Waals surface area contributed by atoms with E-state index < -0.39 is 0 Å². The molecule has 0 saturated heterocycles. The van der Waals surface area contributed by atoms with Gasteiger partial charge < -0.3 is 5.11 Å². The number of rotatable bonds is 2. The van der Waals surface area contributed by atoms with E-state index in [1.54, 1.807) is 0 Å². The summed E-state index contributed by atoms with van der Waals surface area (Å²) in [5.74, 6) is 0.0545. The predicted octanol–water partition coefficient (Wildman–Crippen LogP) is 3.54. The Labute approximate surface area is 91.7 Å². The Morgan fingerprint density at radius 3 is 2.53 bits per heavy atom. The molecule has 15 heavy (non-hydrogen) atoms. The number of carbonyl (C=O) groups is 1. The van der Waals surface area contributed by atoms with Gasteiger partial charge in [-0.15, -0.1) is 0 Å². The maximum Gasteiger partial charge on any atom is 0.156 e. The third-order valence-electron chi connectivity index (χ3n) is 3.05. The first-order valence-electron chi connectivity index (χ1n) is 5.46. The highest BCUT2D eigenvalue weighted by Crippen LogP contribution is 2.42. The van der Waals surface area contributed by atoms with Crippen LogP contribution in [0, 0.1) is 5.41 Å². The third-order valence-corrected chi connectivity index (χ3v) is 3.05. The molecule has 0 amide bonds. The van der Waals surface area contributed by atoms with Gasteiger partial charge in [-0.2, -0.15) is 0 Å². The molecule has 0 radical (unpaired) electrons. The molecule has 0 aliphatic heterocycles. The number of hydrogen-bond acceptors (Lipinski definition) is 2. The highest BCUT2D eigenvalue weighted by atomic mass is 16.3. The van der Waals surface area contributed by atoms with Gasteiger partial charge in [0.2, 0.25) is 0 Å². The van der Waals surface area contributed by atoms with Crippen LogP contribution in [-0.2, 0) is 4.79 Å². The van der Waals surface area contributed by atoms with Crippen LogP contribution in [0.15, 0.2) is 23.0 Å². The van der Waals surface area contributed by atoms with Crippen molar-refractivity contribution in [2.75, 3.05) is 0 Å². The van der Waals surface area contributed by atoms with Crippen molar-refractivity contribution in [2.24, 2.45) is 5.41 Å². The van der Waals surface area contributed by atoms with Gasteiger partial charge >= 0.3 is 0 Å². The highest BCUT2D eigenvalue weighted by Gasteiger charge is 2.30. The normalized spacial score (nSPS) is 21.7. The number of aliphatic hydroxyl groups is 1. The van der Waals surface area contributed by atoms with Gasteiger partial charge in [-0.3, -0.25) is 4.79 Å². The van der Waals surface area contributed by atoms with Gasteiger partial charge in [0.25, 0.3) is 0 Å². The zero-order chi connectivity index (χ0) is 11.6. The fraction of sp³-hybridized carbons (Fsp3) is 0.615. The topological polar surface area (TPSA) is 37.3 Å².